The van der Waals surface area contributed by atoms with Crippen molar-refractivity contribution in [3.8, 4) is 5.75 Å². The van der Waals surface area contributed by atoms with Gasteiger partial charge in [0.1, 0.15) is 0 Å². The van der Waals surface area contributed by atoms with Gasteiger partial charge in [-0.3, -0.25) is 14.9 Å². The molecule has 1 aromatic rings. The van der Waals surface area contributed by atoms with Crippen LogP contribution in [0.2, 0.25) is 0 Å². The summed E-state index contributed by atoms with van der Waals surface area (Å²) in [7, 11) is 0. The molecule has 0 bridgehead atoms. The summed E-state index contributed by atoms with van der Waals surface area (Å²) in [5.74, 6) is -1.15. The zero-order chi connectivity index (χ0) is 7.56. The number of pyridine rings is 1. The summed E-state index contributed by atoms with van der Waals surface area (Å²) in [5, 5.41) is 10.7. The summed E-state index contributed by atoms with van der Waals surface area (Å²) in [6.07, 6.45) is 2.40. The molecule has 1 aromatic heterocycles. The van der Waals surface area contributed by atoms with Gasteiger partial charge >= 0.3 is 0 Å². The van der Waals surface area contributed by atoms with Crippen molar-refractivity contribution in [3.05, 3.63) is 24.0 Å². The van der Waals surface area contributed by atoms with Crippen molar-refractivity contribution in [2.75, 3.05) is 0 Å². The molecule has 4 nitrogen and oxygen atoms in total. The highest BCUT2D eigenvalue weighted by Gasteiger charge is 2.06. The Morgan fingerprint density at radius 3 is 2.70 bits per heavy atom. The molecule has 51 valence electrons. The van der Waals surface area contributed by atoms with E-state index in [0.717, 1.165) is 6.20 Å². The molecule has 0 fully saturated rings. The van der Waals surface area contributed by atoms with Gasteiger partial charge in [0.25, 0.3) is 5.91 Å². The molecule has 0 spiro atoms. The minimum atomic E-state index is -0.715. The standard InChI is InChI=1S/C6H5N2O2/c7-6(10)4-1-2-8-3-5(4)9/h1-3H,(H2,7,10). The van der Waals surface area contributed by atoms with E-state index < -0.39 is 11.7 Å². The van der Waals surface area contributed by atoms with Crippen LogP contribution in [0, 0.1) is 0 Å². The molecule has 1 radical (unpaired) electrons. The van der Waals surface area contributed by atoms with Crippen LogP contribution in [-0.2, 0) is 5.11 Å². The highest BCUT2D eigenvalue weighted by molar-refractivity contribution is 5.95. The molecule has 4 heteroatoms. The van der Waals surface area contributed by atoms with E-state index in [9.17, 15) is 9.90 Å². The normalized spacial score (nSPS) is 9.20. The number of amides is 1. The van der Waals surface area contributed by atoms with Crippen molar-refractivity contribution in [1.82, 2.24) is 4.98 Å². The van der Waals surface area contributed by atoms with Crippen molar-refractivity contribution in [2.24, 2.45) is 5.73 Å². The lowest BCUT2D eigenvalue weighted by atomic mass is 10.2. The maximum atomic E-state index is 10.7. The zero-order valence-electron chi connectivity index (χ0n) is 5.07. The largest absolute Gasteiger partial charge is 0.365 e. The molecule has 0 atom stereocenters. The number of aromatic nitrogens is 1. The Morgan fingerprint density at radius 1 is 1.60 bits per heavy atom. The molecule has 2 N–H and O–H groups in total. The molecule has 0 saturated heterocycles. The SMILES string of the molecule is NC(=O)c1ccncc1[O]. The van der Waals surface area contributed by atoms with Gasteiger partial charge in [-0.15, -0.1) is 0 Å². The first-order valence-corrected chi connectivity index (χ1v) is 2.62. The third-order valence-corrected chi connectivity index (χ3v) is 1.05. The van der Waals surface area contributed by atoms with E-state index in [2.05, 4.69) is 4.98 Å². The van der Waals surface area contributed by atoms with Gasteiger partial charge in [-0.2, -0.15) is 0 Å². The second kappa shape index (κ2) is 2.34. The Bertz CT molecular complexity index is 260. The summed E-state index contributed by atoms with van der Waals surface area (Å²) in [6, 6.07) is 1.30. The fourth-order valence-corrected chi connectivity index (χ4v) is 0.584. The average Bonchev–Trinajstić information content (AvgIpc) is 1.88. The fraction of sp³-hybridized carbons (Fsp3) is 0. The van der Waals surface area contributed by atoms with Gasteiger partial charge in [-0.1, -0.05) is 0 Å². The molecule has 1 amide bonds. The molecule has 0 saturated carbocycles. The number of hydrogen-bond acceptors (Lipinski definition) is 2. The second-order valence-corrected chi connectivity index (χ2v) is 1.74. The maximum Gasteiger partial charge on any atom is 0.252 e. The van der Waals surface area contributed by atoms with Crippen LogP contribution >= 0.6 is 0 Å². The first-order chi connectivity index (χ1) is 4.72. The molecule has 0 unspecified atom stereocenters. The van der Waals surface area contributed by atoms with E-state index in [0.29, 0.717) is 0 Å². The quantitative estimate of drug-likeness (QED) is 0.605. The Labute approximate surface area is 57.3 Å². The van der Waals surface area contributed by atoms with Crippen LogP contribution in [0.3, 0.4) is 0 Å². The summed E-state index contributed by atoms with van der Waals surface area (Å²) in [6.45, 7) is 0. The van der Waals surface area contributed by atoms with Crippen LogP contribution in [0.5, 0.6) is 5.75 Å². The Balaban J connectivity index is 3.15. The van der Waals surface area contributed by atoms with Gasteiger partial charge in [0.05, 0.1) is 11.8 Å². The minimum absolute atomic E-state index is 0.0185. The van der Waals surface area contributed by atoms with E-state index in [1.54, 1.807) is 0 Å². The average molecular weight is 137 g/mol. The molecule has 0 aliphatic rings. The van der Waals surface area contributed by atoms with Gasteiger partial charge in [-0.05, 0) is 6.07 Å². The summed E-state index contributed by atoms with van der Waals surface area (Å²) in [5.41, 5.74) is 4.83. The number of carbonyl (C=O) groups is 1. The predicted octanol–water partition coefficient (Wildman–Crippen LogP) is 0.324. The van der Waals surface area contributed by atoms with Crippen molar-refractivity contribution in [2.45, 2.75) is 0 Å². The lowest BCUT2D eigenvalue weighted by molar-refractivity contribution is 0.0996. The Kier molecular flexibility index (Phi) is 1.53. The molecular formula is C6H5N2O2. The van der Waals surface area contributed by atoms with E-state index in [1.807, 2.05) is 0 Å². The van der Waals surface area contributed by atoms with Gasteiger partial charge in [-0.25, -0.2) is 0 Å². The molecule has 0 aliphatic carbocycles. The predicted molar refractivity (Wildman–Crippen MR) is 32.9 cm³/mol. The van der Waals surface area contributed by atoms with Crippen LogP contribution in [-0.4, -0.2) is 10.9 Å². The molecule has 0 aliphatic heterocycles. The van der Waals surface area contributed by atoms with Crippen molar-refractivity contribution in [1.29, 1.82) is 0 Å². The number of carbonyl (C=O) groups excluding carboxylic acids is 1. The van der Waals surface area contributed by atoms with Gasteiger partial charge in [0, 0.05) is 6.20 Å². The topological polar surface area (TPSA) is 75.9 Å². The highest BCUT2D eigenvalue weighted by atomic mass is 16.3. The monoisotopic (exact) mass is 137 g/mol. The smallest absolute Gasteiger partial charge is 0.252 e. The summed E-state index contributed by atoms with van der Waals surface area (Å²) in [4.78, 5) is 13.9. The second-order valence-electron chi connectivity index (χ2n) is 1.74. The van der Waals surface area contributed by atoms with E-state index in [4.69, 9.17) is 5.73 Å². The number of hydrogen-bond donors (Lipinski definition) is 1. The first kappa shape index (κ1) is 6.54. The van der Waals surface area contributed by atoms with Gasteiger partial charge < -0.3 is 5.73 Å². The lowest BCUT2D eigenvalue weighted by Crippen LogP contribution is -2.10. The zero-order valence-corrected chi connectivity index (χ0v) is 5.07. The van der Waals surface area contributed by atoms with Crippen molar-refractivity contribution in [3.63, 3.8) is 0 Å². The molecule has 1 rings (SSSR count). The first-order valence-electron chi connectivity index (χ1n) is 2.62. The molecular weight excluding hydrogens is 132 g/mol. The van der Waals surface area contributed by atoms with E-state index in [1.165, 1.54) is 12.3 Å². The van der Waals surface area contributed by atoms with Crippen LogP contribution in [0.1, 0.15) is 10.4 Å². The molecule has 1 heterocycles. The lowest BCUT2D eigenvalue weighted by Gasteiger charge is -1.92. The number of rotatable bonds is 1. The third-order valence-electron chi connectivity index (χ3n) is 1.05. The molecule has 10 heavy (non-hydrogen) atoms. The fourth-order valence-electron chi connectivity index (χ4n) is 0.584. The Morgan fingerprint density at radius 2 is 2.30 bits per heavy atom. The van der Waals surface area contributed by atoms with Crippen LogP contribution in [0.25, 0.3) is 0 Å². The van der Waals surface area contributed by atoms with Crippen molar-refractivity contribution >= 4 is 5.91 Å². The number of primary amides is 1. The summed E-state index contributed by atoms with van der Waals surface area (Å²) >= 11 is 0. The minimum Gasteiger partial charge on any atom is -0.365 e. The summed E-state index contributed by atoms with van der Waals surface area (Å²) < 4.78 is 0. The maximum absolute atomic E-state index is 10.7. The van der Waals surface area contributed by atoms with Crippen LogP contribution < -0.4 is 5.73 Å². The number of nitrogens with two attached hydrogens (primary N) is 1. The van der Waals surface area contributed by atoms with Crippen LogP contribution in [0.4, 0.5) is 0 Å². The highest BCUT2D eigenvalue weighted by Crippen LogP contribution is 2.12. The molecule has 0 aromatic carbocycles. The Hall–Kier alpha value is -1.58. The number of nitrogens with zero attached hydrogens (tertiary/aromatic N) is 1. The van der Waals surface area contributed by atoms with Crippen LogP contribution in [0.15, 0.2) is 18.5 Å². The van der Waals surface area contributed by atoms with Gasteiger partial charge in [0.15, 0.2) is 0 Å². The van der Waals surface area contributed by atoms with Gasteiger partial charge in [0.2, 0.25) is 5.75 Å². The van der Waals surface area contributed by atoms with E-state index >= 15 is 0 Å². The third kappa shape index (κ3) is 1.05. The van der Waals surface area contributed by atoms with Crippen molar-refractivity contribution < 1.29 is 9.90 Å². The van der Waals surface area contributed by atoms with E-state index in [-0.39, 0.29) is 5.56 Å².